The molecule has 5 rings (SSSR count). The van der Waals surface area contributed by atoms with Crippen LogP contribution in [0, 0.1) is 0 Å². The number of anilines is 1. The molecule has 0 fully saturated rings. The number of carbonyl (C=O) groups is 1. The number of benzene rings is 3. The number of nitrogens with zero attached hydrogens (tertiary/aromatic N) is 2. The highest BCUT2D eigenvalue weighted by molar-refractivity contribution is 6.04. The van der Waals surface area contributed by atoms with Crippen molar-refractivity contribution in [3.63, 3.8) is 0 Å². The predicted molar refractivity (Wildman–Crippen MR) is 118 cm³/mol. The van der Waals surface area contributed by atoms with Crippen molar-refractivity contribution in [3.05, 3.63) is 84.7 Å². The first kappa shape index (κ1) is 17.9. The van der Waals surface area contributed by atoms with Crippen molar-refractivity contribution in [2.75, 3.05) is 12.4 Å². The second-order valence-electron chi connectivity index (χ2n) is 6.92. The van der Waals surface area contributed by atoms with E-state index in [1.54, 1.807) is 19.4 Å². The van der Waals surface area contributed by atoms with Crippen molar-refractivity contribution in [1.29, 1.82) is 0 Å². The highest BCUT2D eigenvalue weighted by Gasteiger charge is 2.12. The van der Waals surface area contributed by atoms with Gasteiger partial charge in [0.2, 0.25) is 5.95 Å². The van der Waals surface area contributed by atoms with Gasteiger partial charge in [-0.05, 0) is 46.8 Å². The Kier molecular flexibility index (Phi) is 4.37. The minimum atomic E-state index is -0.312. The molecular formula is C24H18N4O2. The number of carbonyl (C=O) groups excluding carboxylic acids is 1. The molecule has 6 heteroatoms. The van der Waals surface area contributed by atoms with E-state index in [9.17, 15) is 4.79 Å². The molecule has 0 spiro atoms. The predicted octanol–water partition coefficient (Wildman–Crippen LogP) is 5.04. The summed E-state index contributed by atoms with van der Waals surface area (Å²) in [5.41, 5.74) is 4.00. The van der Waals surface area contributed by atoms with Gasteiger partial charge in [-0.15, -0.1) is 0 Å². The third-order valence-corrected chi connectivity index (χ3v) is 4.98. The van der Waals surface area contributed by atoms with Gasteiger partial charge in [-0.25, -0.2) is 4.98 Å². The number of ether oxygens (including phenoxy) is 1. The molecule has 146 valence electrons. The molecule has 0 atom stereocenters. The minimum Gasteiger partial charge on any atom is -0.497 e. The van der Waals surface area contributed by atoms with Gasteiger partial charge in [-0.1, -0.05) is 42.5 Å². The smallest absolute Gasteiger partial charge is 0.276 e. The van der Waals surface area contributed by atoms with Crippen molar-refractivity contribution in [2.24, 2.45) is 0 Å². The second kappa shape index (κ2) is 7.33. The van der Waals surface area contributed by atoms with Crippen molar-refractivity contribution >= 4 is 33.7 Å². The van der Waals surface area contributed by atoms with Crippen LogP contribution in [0.3, 0.4) is 0 Å². The van der Waals surface area contributed by atoms with Crippen LogP contribution in [-0.4, -0.2) is 28.0 Å². The number of H-pyrrole nitrogens is 1. The molecule has 5 aromatic rings. The van der Waals surface area contributed by atoms with E-state index < -0.39 is 0 Å². The number of amides is 1. The van der Waals surface area contributed by atoms with Crippen molar-refractivity contribution in [3.8, 4) is 16.9 Å². The molecule has 0 unspecified atom stereocenters. The maximum absolute atomic E-state index is 12.6. The van der Waals surface area contributed by atoms with Crippen LogP contribution < -0.4 is 10.1 Å². The second-order valence-corrected chi connectivity index (χ2v) is 6.92. The number of fused-ring (bicyclic) bond motifs is 2. The average Bonchev–Trinajstić information content (AvgIpc) is 3.20. The first-order chi connectivity index (χ1) is 14.7. The maximum atomic E-state index is 12.6. The van der Waals surface area contributed by atoms with Gasteiger partial charge < -0.3 is 9.72 Å². The fraction of sp³-hybridized carbons (Fsp3) is 0.0417. The molecule has 2 aromatic heterocycles. The van der Waals surface area contributed by atoms with Gasteiger partial charge in [0, 0.05) is 11.6 Å². The molecule has 30 heavy (non-hydrogen) atoms. The van der Waals surface area contributed by atoms with E-state index in [4.69, 9.17) is 4.74 Å². The number of aromatic amines is 1. The molecule has 0 aliphatic heterocycles. The number of rotatable bonds is 4. The summed E-state index contributed by atoms with van der Waals surface area (Å²) in [7, 11) is 1.65. The molecule has 2 heterocycles. The van der Waals surface area contributed by atoms with Crippen LogP contribution in [0.25, 0.3) is 32.9 Å². The summed E-state index contributed by atoms with van der Waals surface area (Å²) in [5.74, 6) is 0.869. The van der Waals surface area contributed by atoms with Gasteiger partial charge in [0.05, 0.1) is 18.1 Å². The number of hydrogen-bond donors (Lipinski definition) is 2. The van der Waals surface area contributed by atoms with Crippen LogP contribution in [0.2, 0.25) is 0 Å². The van der Waals surface area contributed by atoms with Crippen LogP contribution in [0.1, 0.15) is 10.5 Å². The molecule has 1 amide bonds. The third-order valence-electron chi connectivity index (χ3n) is 4.98. The zero-order valence-corrected chi connectivity index (χ0v) is 16.2. The quantitative estimate of drug-likeness (QED) is 0.448. The molecule has 6 nitrogen and oxygen atoms in total. The average molecular weight is 394 g/mol. The standard InChI is InChI=1S/C24H18N4O2/c1-30-19-8-4-7-15(11-19)17-9-10-20-21(12-17)27-24(26-20)28-23(29)22-13-16-5-2-3-6-18(16)14-25-22/h2-14H,1H3,(H2,26,27,28,29). The highest BCUT2D eigenvalue weighted by atomic mass is 16.5. The number of hydrogen-bond acceptors (Lipinski definition) is 4. The number of nitrogens with one attached hydrogen (secondary N) is 2. The zero-order valence-electron chi connectivity index (χ0n) is 16.2. The van der Waals surface area contributed by atoms with Crippen LogP contribution in [-0.2, 0) is 0 Å². The van der Waals surface area contributed by atoms with E-state index in [-0.39, 0.29) is 5.91 Å². The van der Waals surface area contributed by atoms with Gasteiger partial charge in [0.1, 0.15) is 11.4 Å². The summed E-state index contributed by atoms with van der Waals surface area (Å²) in [6, 6.07) is 23.3. The molecule has 0 saturated heterocycles. The molecular weight excluding hydrogens is 376 g/mol. The summed E-state index contributed by atoms with van der Waals surface area (Å²) in [6.07, 6.45) is 1.70. The first-order valence-electron chi connectivity index (χ1n) is 9.50. The van der Waals surface area contributed by atoms with Gasteiger partial charge in [0.15, 0.2) is 0 Å². The minimum absolute atomic E-state index is 0.312. The van der Waals surface area contributed by atoms with Crippen molar-refractivity contribution in [2.45, 2.75) is 0 Å². The Bertz CT molecular complexity index is 1390. The maximum Gasteiger partial charge on any atom is 0.276 e. The Morgan fingerprint density at radius 2 is 1.77 bits per heavy atom. The molecule has 0 aliphatic rings. The Morgan fingerprint density at radius 1 is 0.933 bits per heavy atom. The molecule has 0 saturated carbocycles. The molecule has 2 N–H and O–H groups in total. The van der Waals surface area contributed by atoms with E-state index in [1.165, 1.54) is 0 Å². The summed E-state index contributed by atoms with van der Waals surface area (Å²) >= 11 is 0. The third kappa shape index (κ3) is 3.35. The van der Waals surface area contributed by atoms with E-state index in [0.29, 0.717) is 11.6 Å². The summed E-state index contributed by atoms with van der Waals surface area (Å²) < 4.78 is 5.31. The van der Waals surface area contributed by atoms with Crippen molar-refractivity contribution < 1.29 is 9.53 Å². The van der Waals surface area contributed by atoms with E-state index in [1.807, 2.05) is 66.7 Å². The Labute approximate surface area is 172 Å². The Hall–Kier alpha value is -4.19. The Morgan fingerprint density at radius 3 is 2.63 bits per heavy atom. The SMILES string of the molecule is COc1cccc(-c2ccc3nc(NC(=O)c4cc5ccccc5cn4)[nH]c3c2)c1. The summed E-state index contributed by atoms with van der Waals surface area (Å²) in [6.45, 7) is 0. The van der Waals surface area contributed by atoms with Gasteiger partial charge >= 0.3 is 0 Å². The molecule has 0 bridgehead atoms. The van der Waals surface area contributed by atoms with Crippen LogP contribution in [0.4, 0.5) is 5.95 Å². The van der Waals surface area contributed by atoms with Gasteiger partial charge in [-0.2, -0.15) is 0 Å². The van der Waals surface area contributed by atoms with Crippen LogP contribution in [0.15, 0.2) is 79.0 Å². The van der Waals surface area contributed by atoms with Crippen molar-refractivity contribution in [1.82, 2.24) is 15.0 Å². The fourth-order valence-corrected chi connectivity index (χ4v) is 3.43. The zero-order chi connectivity index (χ0) is 20.5. The van der Waals surface area contributed by atoms with E-state index in [0.717, 1.165) is 38.7 Å². The van der Waals surface area contributed by atoms with E-state index >= 15 is 0 Å². The largest absolute Gasteiger partial charge is 0.497 e. The first-order valence-corrected chi connectivity index (χ1v) is 9.50. The fourth-order valence-electron chi connectivity index (χ4n) is 3.43. The number of methoxy groups -OCH3 is 1. The Balaban J connectivity index is 1.42. The number of pyridine rings is 1. The lowest BCUT2D eigenvalue weighted by Crippen LogP contribution is -2.14. The molecule has 3 aromatic carbocycles. The summed E-state index contributed by atoms with van der Waals surface area (Å²) in [4.78, 5) is 24.5. The monoisotopic (exact) mass is 394 g/mol. The summed E-state index contributed by atoms with van der Waals surface area (Å²) in [5, 5.41) is 4.75. The van der Waals surface area contributed by atoms with Gasteiger partial charge in [0.25, 0.3) is 5.91 Å². The normalized spacial score (nSPS) is 11.0. The lowest BCUT2D eigenvalue weighted by molar-refractivity contribution is 0.102. The highest BCUT2D eigenvalue weighted by Crippen LogP contribution is 2.27. The van der Waals surface area contributed by atoms with Crippen LogP contribution in [0.5, 0.6) is 5.75 Å². The molecule has 0 radical (unpaired) electrons. The number of imidazole rings is 1. The molecule has 0 aliphatic carbocycles. The van der Waals surface area contributed by atoms with Crippen LogP contribution >= 0.6 is 0 Å². The van der Waals surface area contributed by atoms with E-state index in [2.05, 4.69) is 20.3 Å². The van der Waals surface area contributed by atoms with Gasteiger partial charge in [-0.3, -0.25) is 15.1 Å². The lowest BCUT2D eigenvalue weighted by Gasteiger charge is -2.04. The lowest BCUT2D eigenvalue weighted by atomic mass is 10.1. The number of aromatic nitrogens is 3. The topological polar surface area (TPSA) is 79.9 Å².